The third-order valence-corrected chi connectivity index (χ3v) is 3.84. The second-order valence-corrected chi connectivity index (χ2v) is 5.69. The summed E-state index contributed by atoms with van der Waals surface area (Å²) in [6.07, 6.45) is 3.08. The second-order valence-electron chi connectivity index (χ2n) is 4.88. The number of halogens is 1. The number of piperidine rings is 1. The highest BCUT2D eigenvalue weighted by atomic mass is 79.9. The third kappa shape index (κ3) is 4.78. The third-order valence-electron chi connectivity index (χ3n) is 3.37. The van der Waals surface area contributed by atoms with Crippen LogP contribution in [0.15, 0.2) is 22.9 Å². The monoisotopic (exact) mass is 356 g/mol. The number of carboxylic acid groups (broad SMARTS) is 1. The van der Waals surface area contributed by atoms with Crippen molar-refractivity contribution in [1.29, 1.82) is 0 Å². The first-order valence-electron chi connectivity index (χ1n) is 6.80. The van der Waals surface area contributed by atoms with E-state index in [9.17, 15) is 9.59 Å². The van der Waals surface area contributed by atoms with Gasteiger partial charge in [0.2, 0.25) is 0 Å². The molecule has 0 saturated carbocycles. The molecule has 7 heteroatoms. The smallest absolute Gasteiger partial charge is 0.305 e. The normalized spacial score (nSPS) is 16.0. The molecule has 0 spiro atoms. The van der Waals surface area contributed by atoms with Crippen LogP contribution in [0.2, 0.25) is 0 Å². The van der Waals surface area contributed by atoms with Crippen molar-refractivity contribution in [1.82, 2.24) is 9.88 Å². The summed E-state index contributed by atoms with van der Waals surface area (Å²) in [5.41, 5.74) is 0.573. The van der Waals surface area contributed by atoms with Gasteiger partial charge >= 0.3 is 5.97 Å². The van der Waals surface area contributed by atoms with E-state index in [2.05, 4.69) is 20.9 Å². The van der Waals surface area contributed by atoms with Crippen molar-refractivity contribution in [3.63, 3.8) is 0 Å². The first kappa shape index (κ1) is 15.9. The first-order valence-corrected chi connectivity index (χ1v) is 7.60. The van der Waals surface area contributed by atoms with Gasteiger partial charge in [-0.15, -0.1) is 0 Å². The highest BCUT2D eigenvalue weighted by Gasteiger charge is 2.24. The highest BCUT2D eigenvalue weighted by molar-refractivity contribution is 9.10. The van der Waals surface area contributed by atoms with Crippen molar-refractivity contribution in [2.75, 3.05) is 19.7 Å². The lowest BCUT2D eigenvalue weighted by Gasteiger charge is -2.31. The van der Waals surface area contributed by atoms with Crippen LogP contribution >= 0.6 is 15.9 Å². The standard InChI is InChI=1S/C14H17BrN2O4/c15-12-2-1-10(9-16-12)14(20)17-6-3-11(4-7-17)21-8-5-13(18)19/h1-2,9,11H,3-8H2,(H,18,19). The quantitative estimate of drug-likeness (QED) is 0.815. The van der Waals surface area contributed by atoms with Gasteiger partial charge in [0.25, 0.3) is 5.91 Å². The Kier molecular flexibility index (Phi) is 5.69. The van der Waals surface area contributed by atoms with E-state index < -0.39 is 5.97 Å². The molecular formula is C14H17BrN2O4. The molecule has 0 bridgehead atoms. The SMILES string of the molecule is O=C(O)CCOC1CCN(C(=O)c2ccc(Br)nc2)CC1. The fourth-order valence-electron chi connectivity index (χ4n) is 2.22. The van der Waals surface area contributed by atoms with E-state index in [0.29, 0.717) is 23.3 Å². The van der Waals surface area contributed by atoms with E-state index in [1.54, 1.807) is 23.2 Å². The Morgan fingerprint density at radius 2 is 2.10 bits per heavy atom. The highest BCUT2D eigenvalue weighted by Crippen LogP contribution is 2.17. The Morgan fingerprint density at radius 1 is 1.38 bits per heavy atom. The van der Waals surface area contributed by atoms with Gasteiger partial charge in [-0.2, -0.15) is 0 Å². The summed E-state index contributed by atoms with van der Waals surface area (Å²) in [4.78, 5) is 28.5. The minimum atomic E-state index is -0.856. The Balaban J connectivity index is 1.79. The van der Waals surface area contributed by atoms with Crippen molar-refractivity contribution in [2.24, 2.45) is 0 Å². The van der Waals surface area contributed by atoms with Crippen molar-refractivity contribution in [3.8, 4) is 0 Å². The lowest BCUT2D eigenvalue weighted by atomic mass is 10.1. The summed E-state index contributed by atoms with van der Waals surface area (Å²) in [5, 5.41) is 8.56. The van der Waals surface area contributed by atoms with E-state index >= 15 is 0 Å². The molecule has 1 amide bonds. The minimum Gasteiger partial charge on any atom is -0.481 e. The van der Waals surface area contributed by atoms with Gasteiger partial charge in [0.1, 0.15) is 4.60 Å². The largest absolute Gasteiger partial charge is 0.481 e. The van der Waals surface area contributed by atoms with Gasteiger partial charge in [-0.05, 0) is 40.9 Å². The van der Waals surface area contributed by atoms with E-state index in [1.165, 1.54) is 0 Å². The fourth-order valence-corrected chi connectivity index (χ4v) is 2.46. The number of rotatable bonds is 5. The average Bonchev–Trinajstić information content (AvgIpc) is 2.48. The predicted octanol–water partition coefficient (Wildman–Crippen LogP) is 1.94. The van der Waals surface area contributed by atoms with E-state index in [0.717, 1.165) is 12.8 Å². The van der Waals surface area contributed by atoms with Crippen molar-refractivity contribution < 1.29 is 19.4 Å². The summed E-state index contributed by atoms with van der Waals surface area (Å²) in [6.45, 7) is 1.46. The molecule has 6 nitrogen and oxygen atoms in total. The van der Waals surface area contributed by atoms with Gasteiger partial charge in [-0.25, -0.2) is 4.98 Å². The number of nitrogens with zero attached hydrogens (tertiary/aromatic N) is 2. The van der Waals surface area contributed by atoms with Crippen LogP contribution in [-0.4, -0.2) is 52.7 Å². The predicted molar refractivity (Wildman–Crippen MR) is 79.1 cm³/mol. The molecule has 1 fully saturated rings. The molecule has 1 saturated heterocycles. The molecule has 0 atom stereocenters. The van der Waals surface area contributed by atoms with Gasteiger partial charge in [0.15, 0.2) is 0 Å². The number of aliphatic carboxylic acids is 1. The summed E-state index contributed by atoms with van der Waals surface area (Å²) in [6, 6.07) is 3.49. The number of hydrogen-bond acceptors (Lipinski definition) is 4. The van der Waals surface area contributed by atoms with Crippen LogP contribution in [0.4, 0.5) is 0 Å². The Hall–Kier alpha value is -1.47. The number of ether oxygens (including phenoxy) is 1. The number of carbonyl (C=O) groups excluding carboxylic acids is 1. The number of carbonyl (C=O) groups is 2. The van der Waals surface area contributed by atoms with Crippen LogP contribution in [-0.2, 0) is 9.53 Å². The maximum absolute atomic E-state index is 12.3. The molecule has 0 radical (unpaired) electrons. The van der Waals surface area contributed by atoms with Gasteiger partial charge in [0, 0.05) is 19.3 Å². The van der Waals surface area contributed by atoms with Gasteiger partial charge in [-0.3, -0.25) is 9.59 Å². The van der Waals surface area contributed by atoms with Crippen LogP contribution < -0.4 is 0 Å². The topological polar surface area (TPSA) is 79.7 Å². The Labute approximate surface area is 131 Å². The molecule has 2 rings (SSSR count). The molecule has 1 N–H and O–H groups in total. The molecule has 114 valence electrons. The Morgan fingerprint density at radius 3 is 2.67 bits per heavy atom. The fraction of sp³-hybridized carbons (Fsp3) is 0.500. The lowest BCUT2D eigenvalue weighted by molar-refractivity contribution is -0.138. The molecule has 0 aliphatic carbocycles. The maximum Gasteiger partial charge on any atom is 0.305 e. The zero-order valence-electron chi connectivity index (χ0n) is 11.5. The first-order chi connectivity index (χ1) is 10.1. The number of hydrogen-bond donors (Lipinski definition) is 1. The molecule has 1 aliphatic rings. The number of aromatic nitrogens is 1. The van der Waals surface area contributed by atoms with Crippen LogP contribution in [0.5, 0.6) is 0 Å². The van der Waals surface area contributed by atoms with E-state index in [1.807, 2.05) is 0 Å². The van der Waals surface area contributed by atoms with Gasteiger partial charge in [0.05, 0.1) is 24.7 Å². The van der Waals surface area contributed by atoms with Gasteiger partial charge < -0.3 is 14.7 Å². The molecule has 0 unspecified atom stereocenters. The van der Waals surface area contributed by atoms with E-state index in [4.69, 9.17) is 9.84 Å². The average molecular weight is 357 g/mol. The maximum atomic E-state index is 12.3. The molecule has 1 aliphatic heterocycles. The van der Waals surface area contributed by atoms with Crippen molar-refractivity contribution in [2.45, 2.75) is 25.4 Å². The molecule has 1 aromatic heterocycles. The molecule has 21 heavy (non-hydrogen) atoms. The Bertz CT molecular complexity index is 498. The minimum absolute atomic E-state index is 0.0176. The lowest BCUT2D eigenvalue weighted by Crippen LogP contribution is -2.41. The molecule has 0 aromatic carbocycles. The van der Waals surface area contributed by atoms with Crippen molar-refractivity contribution in [3.05, 3.63) is 28.5 Å². The van der Waals surface area contributed by atoms with E-state index in [-0.39, 0.29) is 25.0 Å². The van der Waals surface area contributed by atoms with Gasteiger partial charge in [-0.1, -0.05) is 0 Å². The van der Waals surface area contributed by atoms with Crippen LogP contribution in [0.3, 0.4) is 0 Å². The van der Waals surface area contributed by atoms with Crippen molar-refractivity contribution >= 4 is 27.8 Å². The summed E-state index contributed by atoms with van der Waals surface area (Å²) < 4.78 is 6.20. The number of carboxylic acids is 1. The van der Waals surface area contributed by atoms with Crippen LogP contribution in [0.1, 0.15) is 29.6 Å². The zero-order valence-corrected chi connectivity index (χ0v) is 13.1. The number of amides is 1. The molecule has 1 aromatic rings. The summed E-state index contributed by atoms with van der Waals surface area (Å²) in [5.74, 6) is -0.885. The number of pyridine rings is 1. The molecule has 2 heterocycles. The summed E-state index contributed by atoms with van der Waals surface area (Å²) in [7, 11) is 0. The zero-order chi connectivity index (χ0) is 15.2. The van der Waals surface area contributed by atoms with Crippen LogP contribution in [0, 0.1) is 0 Å². The summed E-state index contributed by atoms with van der Waals surface area (Å²) >= 11 is 3.24. The van der Waals surface area contributed by atoms with Crippen LogP contribution in [0.25, 0.3) is 0 Å². The molecular weight excluding hydrogens is 340 g/mol. The number of likely N-dealkylation sites (tertiary alicyclic amines) is 1. The second kappa shape index (κ2) is 7.51.